The molecule has 1 atom stereocenters. The van der Waals surface area contributed by atoms with Crippen LogP contribution in [-0.4, -0.2) is 82.2 Å². The van der Waals surface area contributed by atoms with E-state index in [1.807, 2.05) is 12.1 Å². The van der Waals surface area contributed by atoms with Gasteiger partial charge in [-0.1, -0.05) is 23.7 Å². The van der Waals surface area contributed by atoms with Crippen LogP contribution >= 0.6 is 11.6 Å². The Hall–Kier alpha value is -1.11. The standard InChI is InChI=1S/C24H37ClN4O/c1-17(2)28-10-7-19(8-11-28)29-13-12-27(15-20(29)9-14-30)16-23-18(3)21-5-4-6-22(25)24(21)26-23/h4-6,17,19-20,26,30H,7-16H2,1-3H3. The highest BCUT2D eigenvalue weighted by Gasteiger charge is 2.34. The van der Waals surface area contributed by atoms with E-state index >= 15 is 0 Å². The number of piperidine rings is 1. The fourth-order valence-corrected chi connectivity index (χ4v) is 5.67. The minimum atomic E-state index is 0.265. The summed E-state index contributed by atoms with van der Waals surface area (Å²) in [6.45, 7) is 13.6. The van der Waals surface area contributed by atoms with E-state index in [1.54, 1.807) is 0 Å². The van der Waals surface area contributed by atoms with Gasteiger partial charge in [0.25, 0.3) is 0 Å². The number of nitrogens with one attached hydrogen (secondary N) is 1. The van der Waals surface area contributed by atoms with Gasteiger partial charge in [0, 0.05) is 62.0 Å². The Kier molecular flexibility index (Phi) is 7.05. The van der Waals surface area contributed by atoms with Crippen molar-refractivity contribution in [2.45, 2.75) is 64.7 Å². The minimum absolute atomic E-state index is 0.265. The second-order valence-corrected chi connectivity index (χ2v) is 9.80. The third-order valence-corrected chi connectivity index (χ3v) is 7.62. The number of likely N-dealkylation sites (tertiary alicyclic amines) is 1. The number of aliphatic hydroxyl groups is 1. The lowest BCUT2D eigenvalue weighted by Gasteiger charge is -2.48. The van der Waals surface area contributed by atoms with Gasteiger partial charge in [0.05, 0.1) is 10.5 Å². The lowest BCUT2D eigenvalue weighted by atomic mass is 9.97. The zero-order chi connectivity index (χ0) is 21.3. The molecule has 2 saturated heterocycles. The summed E-state index contributed by atoms with van der Waals surface area (Å²) in [7, 11) is 0. The largest absolute Gasteiger partial charge is 0.396 e. The van der Waals surface area contributed by atoms with Crippen LogP contribution in [0, 0.1) is 6.92 Å². The molecule has 0 spiro atoms. The summed E-state index contributed by atoms with van der Waals surface area (Å²) in [4.78, 5) is 11.4. The molecular weight excluding hydrogens is 396 g/mol. The van der Waals surface area contributed by atoms with Crippen LogP contribution < -0.4 is 0 Å². The molecule has 2 aromatic rings. The summed E-state index contributed by atoms with van der Waals surface area (Å²) in [5, 5.41) is 11.7. The normalized spacial score (nSPS) is 23.1. The summed E-state index contributed by atoms with van der Waals surface area (Å²) in [6, 6.07) is 7.86. The molecule has 0 bridgehead atoms. The van der Waals surface area contributed by atoms with Crippen LogP contribution in [-0.2, 0) is 6.54 Å². The number of halogens is 1. The third kappa shape index (κ3) is 4.56. The average Bonchev–Trinajstić information content (AvgIpc) is 3.06. The van der Waals surface area contributed by atoms with Gasteiger partial charge in [-0.05, 0) is 64.8 Å². The first-order chi connectivity index (χ1) is 14.5. The van der Waals surface area contributed by atoms with Crippen molar-refractivity contribution in [3.8, 4) is 0 Å². The first-order valence-corrected chi connectivity index (χ1v) is 11.9. The Morgan fingerprint density at radius 1 is 1.17 bits per heavy atom. The van der Waals surface area contributed by atoms with Crippen LogP contribution in [0.5, 0.6) is 0 Å². The smallest absolute Gasteiger partial charge is 0.0648 e. The predicted molar refractivity (Wildman–Crippen MR) is 125 cm³/mol. The minimum Gasteiger partial charge on any atom is -0.396 e. The molecule has 3 heterocycles. The average molecular weight is 433 g/mol. The highest BCUT2D eigenvalue weighted by molar-refractivity contribution is 6.35. The maximum Gasteiger partial charge on any atom is 0.0648 e. The highest BCUT2D eigenvalue weighted by atomic mass is 35.5. The number of benzene rings is 1. The van der Waals surface area contributed by atoms with Crippen molar-refractivity contribution < 1.29 is 5.11 Å². The molecule has 0 saturated carbocycles. The number of aromatic nitrogens is 1. The Labute approximate surface area is 186 Å². The number of nitrogens with zero attached hydrogens (tertiary/aromatic N) is 3. The van der Waals surface area contributed by atoms with Gasteiger partial charge in [0.1, 0.15) is 0 Å². The Morgan fingerprint density at radius 2 is 1.93 bits per heavy atom. The molecule has 2 aliphatic rings. The van der Waals surface area contributed by atoms with Crippen molar-refractivity contribution in [3.05, 3.63) is 34.5 Å². The lowest BCUT2D eigenvalue weighted by molar-refractivity contribution is -0.000331. The molecule has 1 unspecified atom stereocenters. The SMILES string of the molecule is Cc1c(CN2CCN(C3CCN(C(C)C)CC3)C(CCO)C2)[nH]c2c(Cl)cccc12. The number of hydrogen-bond acceptors (Lipinski definition) is 4. The Morgan fingerprint density at radius 3 is 2.60 bits per heavy atom. The van der Waals surface area contributed by atoms with Gasteiger partial charge in [-0.3, -0.25) is 9.80 Å². The second kappa shape index (κ2) is 9.58. The molecule has 1 aromatic carbocycles. The number of para-hydroxylation sites is 1. The van der Waals surface area contributed by atoms with E-state index in [1.165, 1.54) is 42.6 Å². The fourth-order valence-electron chi connectivity index (χ4n) is 5.45. The molecular formula is C24H37ClN4O. The first-order valence-electron chi connectivity index (χ1n) is 11.6. The van der Waals surface area contributed by atoms with E-state index in [2.05, 4.69) is 46.5 Å². The molecule has 0 radical (unpaired) electrons. The van der Waals surface area contributed by atoms with Gasteiger partial charge in [-0.15, -0.1) is 0 Å². The summed E-state index contributed by atoms with van der Waals surface area (Å²) in [6.07, 6.45) is 3.36. The van der Waals surface area contributed by atoms with E-state index in [4.69, 9.17) is 11.6 Å². The van der Waals surface area contributed by atoms with Crippen molar-refractivity contribution in [3.63, 3.8) is 0 Å². The molecule has 30 heavy (non-hydrogen) atoms. The van der Waals surface area contributed by atoms with Gasteiger partial charge >= 0.3 is 0 Å². The summed E-state index contributed by atoms with van der Waals surface area (Å²) in [5.74, 6) is 0. The number of rotatable bonds is 6. The van der Waals surface area contributed by atoms with Crippen LogP contribution in [0.25, 0.3) is 10.9 Å². The molecule has 4 rings (SSSR count). The van der Waals surface area contributed by atoms with E-state index in [9.17, 15) is 5.11 Å². The van der Waals surface area contributed by atoms with Crippen molar-refractivity contribution in [1.82, 2.24) is 19.7 Å². The van der Waals surface area contributed by atoms with Crippen molar-refractivity contribution in [1.29, 1.82) is 0 Å². The summed E-state index contributed by atoms with van der Waals surface area (Å²) in [5.41, 5.74) is 3.61. The number of aromatic amines is 1. The van der Waals surface area contributed by atoms with Crippen LogP contribution in [0.15, 0.2) is 18.2 Å². The number of aryl methyl sites for hydroxylation is 1. The maximum absolute atomic E-state index is 9.72. The van der Waals surface area contributed by atoms with Gasteiger partial charge in [-0.25, -0.2) is 0 Å². The van der Waals surface area contributed by atoms with Crippen molar-refractivity contribution in [2.75, 3.05) is 39.3 Å². The zero-order valence-corrected chi connectivity index (χ0v) is 19.5. The monoisotopic (exact) mass is 432 g/mol. The summed E-state index contributed by atoms with van der Waals surface area (Å²) < 4.78 is 0. The van der Waals surface area contributed by atoms with Crippen LogP contribution in [0.3, 0.4) is 0 Å². The molecule has 2 aliphatic heterocycles. The topological polar surface area (TPSA) is 45.7 Å². The second-order valence-electron chi connectivity index (χ2n) is 9.39. The summed E-state index contributed by atoms with van der Waals surface area (Å²) >= 11 is 6.40. The van der Waals surface area contributed by atoms with E-state index < -0.39 is 0 Å². The molecule has 2 fully saturated rings. The first kappa shape index (κ1) is 22.1. The van der Waals surface area contributed by atoms with Gasteiger partial charge in [0.2, 0.25) is 0 Å². The highest BCUT2D eigenvalue weighted by Crippen LogP contribution is 2.29. The Balaban J connectivity index is 1.42. The van der Waals surface area contributed by atoms with E-state index in [0.29, 0.717) is 18.1 Å². The van der Waals surface area contributed by atoms with E-state index in [-0.39, 0.29) is 6.61 Å². The van der Waals surface area contributed by atoms with Gasteiger partial charge in [-0.2, -0.15) is 0 Å². The van der Waals surface area contributed by atoms with Crippen molar-refractivity contribution >= 4 is 22.5 Å². The van der Waals surface area contributed by atoms with Gasteiger partial charge in [0.15, 0.2) is 0 Å². The molecule has 1 aromatic heterocycles. The molecule has 0 aliphatic carbocycles. The Bertz CT molecular complexity index is 843. The lowest BCUT2D eigenvalue weighted by Crippen LogP contribution is -2.58. The maximum atomic E-state index is 9.72. The predicted octanol–water partition coefficient (Wildman–Crippen LogP) is 3.87. The number of hydrogen-bond donors (Lipinski definition) is 2. The molecule has 166 valence electrons. The number of fused-ring (bicyclic) bond motifs is 1. The van der Waals surface area contributed by atoms with Crippen molar-refractivity contribution in [2.24, 2.45) is 0 Å². The number of aliphatic hydroxyl groups excluding tert-OH is 1. The number of piperazine rings is 1. The third-order valence-electron chi connectivity index (χ3n) is 7.30. The molecule has 5 nitrogen and oxygen atoms in total. The molecule has 0 amide bonds. The quantitative estimate of drug-likeness (QED) is 0.727. The van der Waals surface area contributed by atoms with Crippen LogP contribution in [0.1, 0.15) is 44.4 Å². The molecule has 6 heteroatoms. The van der Waals surface area contributed by atoms with E-state index in [0.717, 1.165) is 43.1 Å². The van der Waals surface area contributed by atoms with Crippen LogP contribution in [0.2, 0.25) is 5.02 Å². The zero-order valence-electron chi connectivity index (χ0n) is 18.7. The number of H-pyrrole nitrogens is 1. The fraction of sp³-hybridized carbons (Fsp3) is 0.667. The van der Waals surface area contributed by atoms with Crippen LogP contribution in [0.4, 0.5) is 0 Å². The van der Waals surface area contributed by atoms with Gasteiger partial charge < -0.3 is 15.0 Å². The molecule has 2 N–H and O–H groups in total.